The van der Waals surface area contributed by atoms with Crippen LogP contribution in [-0.2, 0) is 6.54 Å². The molecule has 0 saturated carbocycles. The van der Waals surface area contributed by atoms with Crippen molar-refractivity contribution in [1.29, 1.82) is 0 Å². The van der Waals surface area contributed by atoms with E-state index in [0.717, 1.165) is 53.4 Å². The van der Waals surface area contributed by atoms with Crippen LogP contribution < -0.4 is 14.2 Å². The molecular weight excluding hydrogens is 354 g/mol. The summed E-state index contributed by atoms with van der Waals surface area (Å²) in [7, 11) is 4.98. The Hall–Kier alpha value is -2.50. The maximum atomic E-state index is 11.3. The summed E-state index contributed by atoms with van der Waals surface area (Å²) < 4.78 is 16.6. The molecule has 0 amide bonds. The minimum absolute atomic E-state index is 0.194. The molecule has 5 rings (SSSR count). The number of aliphatic hydroxyl groups excluding tert-OH is 1. The number of nitrogens with zero attached hydrogens (tertiary/aromatic N) is 1. The van der Waals surface area contributed by atoms with Gasteiger partial charge in [-0.3, -0.25) is 4.90 Å². The van der Waals surface area contributed by atoms with E-state index < -0.39 is 6.10 Å². The Morgan fingerprint density at radius 2 is 1.61 bits per heavy atom. The van der Waals surface area contributed by atoms with Crippen molar-refractivity contribution in [3.63, 3.8) is 0 Å². The van der Waals surface area contributed by atoms with Gasteiger partial charge in [0, 0.05) is 12.6 Å². The summed E-state index contributed by atoms with van der Waals surface area (Å²) >= 11 is 0. The average Bonchev–Trinajstić information content (AvgIpc) is 3.21. The second-order valence-corrected chi connectivity index (χ2v) is 7.68. The third-order valence-electron chi connectivity index (χ3n) is 6.42. The van der Waals surface area contributed by atoms with Gasteiger partial charge in [-0.05, 0) is 76.3 Å². The summed E-state index contributed by atoms with van der Waals surface area (Å²) in [5.41, 5.74) is 2.25. The van der Waals surface area contributed by atoms with Crippen LogP contribution in [0.3, 0.4) is 0 Å². The molecule has 28 heavy (non-hydrogen) atoms. The van der Waals surface area contributed by atoms with Crippen molar-refractivity contribution in [2.24, 2.45) is 0 Å². The fourth-order valence-electron chi connectivity index (χ4n) is 5.08. The van der Waals surface area contributed by atoms with E-state index in [1.807, 2.05) is 18.2 Å². The number of fused-ring (bicyclic) bond motifs is 7. The number of ether oxygens (including phenoxy) is 3. The molecule has 0 unspecified atom stereocenters. The molecule has 0 radical (unpaired) electrons. The zero-order chi connectivity index (χ0) is 19.4. The maximum absolute atomic E-state index is 11.3. The average molecular weight is 379 g/mol. The number of benzene rings is 3. The van der Waals surface area contributed by atoms with Crippen molar-refractivity contribution >= 4 is 21.5 Å². The van der Waals surface area contributed by atoms with Crippen LogP contribution in [0.2, 0.25) is 0 Å². The number of rotatable bonds is 3. The fourth-order valence-corrected chi connectivity index (χ4v) is 5.08. The highest BCUT2D eigenvalue weighted by atomic mass is 16.5. The highest BCUT2D eigenvalue weighted by Crippen LogP contribution is 2.47. The standard InChI is InChI=1S/C23H25NO4/c1-26-13-6-7-14-15(9-13)16-10-20(27-2)21(28-3)11-17(16)22-18(14)12-24-8-4-5-19(24)23(22)25/h6-7,9-11,19,23,25H,4-5,8,12H2,1-3H3/t19-,23-/m0/s1. The summed E-state index contributed by atoms with van der Waals surface area (Å²) in [5, 5.41) is 15.7. The van der Waals surface area contributed by atoms with Gasteiger partial charge in [-0.15, -0.1) is 0 Å². The summed E-state index contributed by atoms with van der Waals surface area (Å²) in [6, 6.07) is 10.4. The van der Waals surface area contributed by atoms with Crippen LogP contribution in [0.1, 0.15) is 30.1 Å². The van der Waals surface area contributed by atoms with Gasteiger partial charge in [0.05, 0.1) is 27.4 Å². The fraction of sp³-hybridized carbons (Fsp3) is 0.391. The van der Waals surface area contributed by atoms with Crippen molar-refractivity contribution in [3.05, 3.63) is 41.5 Å². The van der Waals surface area contributed by atoms with E-state index in [1.54, 1.807) is 21.3 Å². The molecule has 5 heteroatoms. The van der Waals surface area contributed by atoms with Gasteiger partial charge in [0.15, 0.2) is 11.5 Å². The third kappa shape index (κ3) is 2.39. The van der Waals surface area contributed by atoms with Crippen molar-refractivity contribution < 1.29 is 19.3 Å². The zero-order valence-corrected chi connectivity index (χ0v) is 16.5. The Kier molecular flexibility index (Phi) is 4.11. The van der Waals surface area contributed by atoms with Crippen LogP contribution in [0.5, 0.6) is 17.2 Å². The lowest BCUT2D eigenvalue weighted by Crippen LogP contribution is -2.39. The van der Waals surface area contributed by atoms with E-state index >= 15 is 0 Å². The summed E-state index contributed by atoms with van der Waals surface area (Å²) in [6.45, 7) is 1.91. The Bertz CT molecular complexity index is 1080. The molecule has 2 heterocycles. The first-order chi connectivity index (χ1) is 13.7. The molecular formula is C23H25NO4. The molecule has 5 nitrogen and oxygen atoms in total. The van der Waals surface area contributed by atoms with E-state index in [1.165, 1.54) is 10.9 Å². The molecule has 1 N–H and O–H groups in total. The maximum Gasteiger partial charge on any atom is 0.161 e. The van der Waals surface area contributed by atoms with Crippen LogP contribution in [-0.4, -0.2) is 43.9 Å². The highest BCUT2D eigenvalue weighted by molar-refractivity contribution is 6.12. The number of hydrogen-bond donors (Lipinski definition) is 1. The van der Waals surface area contributed by atoms with E-state index in [2.05, 4.69) is 17.0 Å². The lowest BCUT2D eigenvalue weighted by molar-refractivity contribution is 0.0552. The normalized spacial score (nSPS) is 21.6. The number of aliphatic hydroxyl groups is 1. The van der Waals surface area contributed by atoms with Gasteiger partial charge in [0.25, 0.3) is 0 Å². The third-order valence-corrected chi connectivity index (χ3v) is 6.42. The monoisotopic (exact) mass is 379 g/mol. The number of hydrogen-bond acceptors (Lipinski definition) is 5. The van der Waals surface area contributed by atoms with Crippen LogP contribution in [0.25, 0.3) is 21.5 Å². The van der Waals surface area contributed by atoms with Crippen LogP contribution >= 0.6 is 0 Å². The van der Waals surface area contributed by atoms with Gasteiger partial charge in [-0.25, -0.2) is 0 Å². The van der Waals surface area contributed by atoms with E-state index in [9.17, 15) is 5.11 Å². The first-order valence-electron chi connectivity index (χ1n) is 9.76. The molecule has 3 aromatic carbocycles. The minimum atomic E-state index is -0.502. The SMILES string of the molecule is COc1ccc2c3c(c4cc(OC)c(OC)cc4c2c1)[C@@H](O)[C@@H]1CCCN1C3. The Morgan fingerprint density at radius 3 is 2.32 bits per heavy atom. The first kappa shape index (κ1) is 17.6. The highest BCUT2D eigenvalue weighted by Gasteiger charge is 2.39. The molecule has 2 aliphatic heterocycles. The lowest BCUT2D eigenvalue weighted by Gasteiger charge is -2.37. The quantitative estimate of drug-likeness (QED) is 0.697. The Morgan fingerprint density at radius 1 is 0.893 bits per heavy atom. The van der Waals surface area contributed by atoms with Gasteiger partial charge in [0.1, 0.15) is 5.75 Å². The molecule has 0 aromatic heterocycles. The van der Waals surface area contributed by atoms with Crippen LogP contribution in [0.4, 0.5) is 0 Å². The topological polar surface area (TPSA) is 51.2 Å². The molecule has 0 aliphatic carbocycles. The molecule has 2 aliphatic rings. The minimum Gasteiger partial charge on any atom is -0.497 e. The van der Waals surface area contributed by atoms with Crippen molar-refractivity contribution in [2.75, 3.05) is 27.9 Å². The second-order valence-electron chi connectivity index (χ2n) is 7.68. The van der Waals surface area contributed by atoms with E-state index in [0.29, 0.717) is 11.5 Å². The number of methoxy groups -OCH3 is 3. The van der Waals surface area contributed by atoms with Gasteiger partial charge in [-0.2, -0.15) is 0 Å². The predicted molar refractivity (Wildman–Crippen MR) is 110 cm³/mol. The summed E-state index contributed by atoms with van der Waals surface area (Å²) in [5.74, 6) is 2.19. The van der Waals surface area contributed by atoms with E-state index in [4.69, 9.17) is 14.2 Å². The second kappa shape index (κ2) is 6.54. The Balaban J connectivity index is 1.92. The first-order valence-corrected chi connectivity index (χ1v) is 9.76. The smallest absolute Gasteiger partial charge is 0.161 e. The zero-order valence-electron chi connectivity index (χ0n) is 16.5. The molecule has 2 atom stereocenters. The van der Waals surface area contributed by atoms with Crippen LogP contribution in [0, 0.1) is 0 Å². The van der Waals surface area contributed by atoms with Gasteiger partial charge in [-0.1, -0.05) is 6.07 Å². The molecule has 1 fully saturated rings. The molecule has 1 saturated heterocycles. The van der Waals surface area contributed by atoms with Crippen LogP contribution in [0.15, 0.2) is 30.3 Å². The largest absolute Gasteiger partial charge is 0.497 e. The van der Waals surface area contributed by atoms with Gasteiger partial charge in [0.2, 0.25) is 0 Å². The molecule has 0 bridgehead atoms. The summed E-state index contributed by atoms with van der Waals surface area (Å²) in [6.07, 6.45) is 1.67. The van der Waals surface area contributed by atoms with E-state index in [-0.39, 0.29) is 6.04 Å². The van der Waals surface area contributed by atoms with Gasteiger partial charge >= 0.3 is 0 Å². The predicted octanol–water partition coefficient (Wildman–Crippen LogP) is 4.03. The molecule has 146 valence electrons. The van der Waals surface area contributed by atoms with Gasteiger partial charge < -0.3 is 19.3 Å². The summed E-state index contributed by atoms with van der Waals surface area (Å²) in [4.78, 5) is 2.42. The molecule has 0 spiro atoms. The van der Waals surface area contributed by atoms with Crippen molar-refractivity contribution in [2.45, 2.75) is 31.5 Å². The lowest BCUT2D eigenvalue weighted by atomic mass is 9.83. The van der Waals surface area contributed by atoms with Crippen molar-refractivity contribution in [1.82, 2.24) is 4.90 Å². The molecule has 3 aromatic rings. The Labute approximate surface area is 164 Å². The van der Waals surface area contributed by atoms with Crippen molar-refractivity contribution in [3.8, 4) is 17.2 Å².